The predicted octanol–water partition coefficient (Wildman–Crippen LogP) is 2.31. The summed E-state index contributed by atoms with van der Waals surface area (Å²) in [7, 11) is 0. The first-order valence-electron chi connectivity index (χ1n) is 7.03. The molecule has 0 radical (unpaired) electrons. The Bertz CT molecular complexity index is 640. The number of primary amides is 1. The number of hydrogen-bond acceptors (Lipinski definition) is 4. The van der Waals surface area contributed by atoms with Crippen LogP contribution in [-0.2, 0) is 11.3 Å². The molecule has 0 unspecified atom stereocenters. The molecule has 2 aromatic rings. The molecule has 0 bridgehead atoms. The van der Waals surface area contributed by atoms with Gasteiger partial charge in [0.15, 0.2) is 0 Å². The normalized spacial score (nSPS) is 10.6. The van der Waals surface area contributed by atoms with Gasteiger partial charge in [-0.2, -0.15) is 0 Å². The molecule has 0 saturated heterocycles. The van der Waals surface area contributed by atoms with Gasteiger partial charge in [0.25, 0.3) is 5.91 Å². The Kier molecular flexibility index (Phi) is 5.68. The van der Waals surface area contributed by atoms with Gasteiger partial charge in [-0.15, -0.1) is 11.3 Å². The second-order valence-electron chi connectivity index (χ2n) is 4.86. The minimum atomic E-state index is -0.534. The number of nitrogens with one attached hydrogen (secondary N) is 1. The molecule has 6 heteroatoms. The third-order valence-electron chi connectivity index (χ3n) is 3.25. The third kappa shape index (κ3) is 4.41. The molecule has 3 N–H and O–H groups in total. The number of anilines is 1. The zero-order chi connectivity index (χ0) is 15.9. The van der Waals surface area contributed by atoms with Crippen LogP contribution in [0.25, 0.3) is 0 Å². The van der Waals surface area contributed by atoms with Crippen LogP contribution in [0.4, 0.5) is 5.00 Å². The SMILES string of the molecule is CCN(CC(=O)Nc1sccc1C(N)=O)Cc1ccccc1. The number of benzene rings is 1. The third-order valence-corrected chi connectivity index (χ3v) is 4.08. The van der Waals surface area contributed by atoms with Crippen molar-refractivity contribution in [3.63, 3.8) is 0 Å². The molecule has 22 heavy (non-hydrogen) atoms. The van der Waals surface area contributed by atoms with Crippen molar-refractivity contribution < 1.29 is 9.59 Å². The van der Waals surface area contributed by atoms with Gasteiger partial charge in [-0.25, -0.2) is 0 Å². The van der Waals surface area contributed by atoms with Crippen LogP contribution in [0.3, 0.4) is 0 Å². The van der Waals surface area contributed by atoms with Gasteiger partial charge < -0.3 is 11.1 Å². The second kappa shape index (κ2) is 7.72. The largest absolute Gasteiger partial charge is 0.366 e. The molecule has 2 rings (SSSR count). The smallest absolute Gasteiger partial charge is 0.251 e. The summed E-state index contributed by atoms with van der Waals surface area (Å²) in [6, 6.07) is 11.6. The van der Waals surface area contributed by atoms with E-state index in [0.29, 0.717) is 17.1 Å². The fraction of sp³-hybridized carbons (Fsp3) is 0.250. The van der Waals surface area contributed by atoms with Crippen molar-refractivity contribution in [2.24, 2.45) is 5.73 Å². The molecule has 0 aliphatic carbocycles. The van der Waals surface area contributed by atoms with E-state index in [9.17, 15) is 9.59 Å². The van der Waals surface area contributed by atoms with E-state index in [1.54, 1.807) is 11.4 Å². The van der Waals surface area contributed by atoms with Crippen LogP contribution in [-0.4, -0.2) is 29.8 Å². The van der Waals surface area contributed by atoms with Gasteiger partial charge in [0, 0.05) is 6.54 Å². The molecule has 0 atom stereocenters. The molecule has 1 aromatic heterocycles. The highest BCUT2D eigenvalue weighted by molar-refractivity contribution is 7.14. The second-order valence-corrected chi connectivity index (χ2v) is 5.78. The fourth-order valence-corrected chi connectivity index (χ4v) is 2.90. The molecule has 0 spiro atoms. The number of carbonyl (C=O) groups excluding carboxylic acids is 2. The van der Waals surface area contributed by atoms with E-state index >= 15 is 0 Å². The van der Waals surface area contributed by atoms with Crippen LogP contribution in [0.15, 0.2) is 41.8 Å². The maximum absolute atomic E-state index is 12.1. The Morgan fingerprint density at radius 3 is 2.59 bits per heavy atom. The number of likely N-dealkylation sites (N-methyl/N-ethyl adjacent to an activating group) is 1. The predicted molar refractivity (Wildman–Crippen MR) is 88.9 cm³/mol. The van der Waals surface area contributed by atoms with Crippen molar-refractivity contribution in [3.05, 3.63) is 52.9 Å². The number of rotatable bonds is 7. The highest BCUT2D eigenvalue weighted by Gasteiger charge is 2.14. The molecule has 1 aromatic carbocycles. The molecule has 0 aliphatic heterocycles. The van der Waals surface area contributed by atoms with Gasteiger partial charge in [0.1, 0.15) is 5.00 Å². The van der Waals surface area contributed by atoms with E-state index in [4.69, 9.17) is 5.73 Å². The fourth-order valence-electron chi connectivity index (χ4n) is 2.09. The Labute approximate surface area is 133 Å². The van der Waals surface area contributed by atoms with Crippen LogP contribution < -0.4 is 11.1 Å². The number of carbonyl (C=O) groups is 2. The summed E-state index contributed by atoms with van der Waals surface area (Å²) in [6.45, 7) is 3.74. The number of nitrogens with two attached hydrogens (primary N) is 1. The molecule has 0 fully saturated rings. The van der Waals surface area contributed by atoms with Crippen molar-refractivity contribution in [1.82, 2.24) is 4.90 Å². The average molecular weight is 317 g/mol. The summed E-state index contributed by atoms with van der Waals surface area (Å²) >= 11 is 1.29. The van der Waals surface area contributed by atoms with Gasteiger partial charge in [0.05, 0.1) is 12.1 Å². The van der Waals surface area contributed by atoms with Crippen LogP contribution >= 0.6 is 11.3 Å². The van der Waals surface area contributed by atoms with E-state index in [1.807, 2.05) is 42.2 Å². The maximum atomic E-state index is 12.1. The van der Waals surface area contributed by atoms with Crippen LogP contribution in [0.1, 0.15) is 22.8 Å². The van der Waals surface area contributed by atoms with Crippen molar-refractivity contribution in [1.29, 1.82) is 0 Å². The van der Waals surface area contributed by atoms with E-state index in [0.717, 1.165) is 12.1 Å². The summed E-state index contributed by atoms with van der Waals surface area (Å²) in [5.41, 5.74) is 6.78. The van der Waals surface area contributed by atoms with Crippen molar-refractivity contribution in [2.75, 3.05) is 18.4 Å². The summed E-state index contributed by atoms with van der Waals surface area (Å²) in [6.07, 6.45) is 0. The van der Waals surface area contributed by atoms with Gasteiger partial charge in [-0.05, 0) is 23.6 Å². The number of hydrogen-bond donors (Lipinski definition) is 2. The highest BCUT2D eigenvalue weighted by Crippen LogP contribution is 2.22. The number of amides is 2. The van der Waals surface area contributed by atoms with Crippen molar-refractivity contribution >= 4 is 28.2 Å². The topological polar surface area (TPSA) is 75.4 Å². The molecular formula is C16H19N3O2S. The Morgan fingerprint density at radius 2 is 1.95 bits per heavy atom. The summed E-state index contributed by atoms with van der Waals surface area (Å²) in [5.74, 6) is -0.684. The Hall–Kier alpha value is -2.18. The quantitative estimate of drug-likeness (QED) is 0.823. The van der Waals surface area contributed by atoms with Gasteiger partial charge in [-0.1, -0.05) is 37.3 Å². The summed E-state index contributed by atoms with van der Waals surface area (Å²) in [5, 5.41) is 5.00. The molecular weight excluding hydrogens is 298 g/mol. The molecule has 5 nitrogen and oxygen atoms in total. The molecule has 1 heterocycles. The molecule has 116 valence electrons. The Balaban J connectivity index is 1.95. The monoisotopic (exact) mass is 317 g/mol. The highest BCUT2D eigenvalue weighted by atomic mass is 32.1. The first-order valence-corrected chi connectivity index (χ1v) is 7.91. The first-order chi connectivity index (χ1) is 10.6. The summed E-state index contributed by atoms with van der Waals surface area (Å²) in [4.78, 5) is 25.4. The van der Waals surface area contributed by atoms with E-state index in [1.165, 1.54) is 11.3 Å². The van der Waals surface area contributed by atoms with Crippen LogP contribution in [0.5, 0.6) is 0 Å². The van der Waals surface area contributed by atoms with Crippen LogP contribution in [0, 0.1) is 0 Å². The van der Waals surface area contributed by atoms with E-state index in [-0.39, 0.29) is 12.5 Å². The van der Waals surface area contributed by atoms with Crippen molar-refractivity contribution in [2.45, 2.75) is 13.5 Å². The zero-order valence-electron chi connectivity index (χ0n) is 12.4. The average Bonchev–Trinajstić information content (AvgIpc) is 2.95. The standard InChI is InChI=1S/C16H19N3O2S/c1-2-19(10-12-6-4-3-5-7-12)11-14(20)18-16-13(15(17)21)8-9-22-16/h3-9H,2,10-11H2,1H3,(H2,17,21)(H,18,20). The minimum Gasteiger partial charge on any atom is -0.366 e. The lowest BCUT2D eigenvalue weighted by Crippen LogP contribution is -2.33. The van der Waals surface area contributed by atoms with Crippen LogP contribution in [0.2, 0.25) is 0 Å². The minimum absolute atomic E-state index is 0.150. The maximum Gasteiger partial charge on any atom is 0.251 e. The van der Waals surface area contributed by atoms with E-state index < -0.39 is 5.91 Å². The first kappa shape index (κ1) is 16.2. The van der Waals surface area contributed by atoms with Crippen molar-refractivity contribution in [3.8, 4) is 0 Å². The Morgan fingerprint density at radius 1 is 1.23 bits per heavy atom. The van der Waals surface area contributed by atoms with Gasteiger partial charge in [0.2, 0.25) is 5.91 Å². The van der Waals surface area contributed by atoms with Gasteiger partial charge >= 0.3 is 0 Å². The molecule has 0 aliphatic rings. The van der Waals surface area contributed by atoms with E-state index in [2.05, 4.69) is 5.32 Å². The summed E-state index contributed by atoms with van der Waals surface area (Å²) < 4.78 is 0. The lowest BCUT2D eigenvalue weighted by Gasteiger charge is -2.19. The lowest BCUT2D eigenvalue weighted by molar-refractivity contribution is -0.117. The number of nitrogens with zero attached hydrogens (tertiary/aromatic N) is 1. The zero-order valence-corrected chi connectivity index (χ0v) is 13.2. The van der Waals surface area contributed by atoms with Gasteiger partial charge in [-0.3, -0.25) is 14.5 Å². The molecule has 2 amide bonds. The lowest BCUT2D eigenvalue weighted by atomic mass is 10.2. The molecule has 0 saturated carbocycles. The number of thiophene rings is 1.